The molecule has 2 heteroatoms. The average molecular weight is 283 g/mol. The Kier molecular flexibility index (Phi) is 5.68. The number of aryl methyl sites for hydroxylation is 1. The lowest BCUT2D eigenvalue weighted by Gasteiger charge is -2.19. The Labute approximate surface area is 128 Å². The number of ether oxygens (including phenoxy) is 1. The van der Waals surface area contributed by atoms with Gasteiger partial charge in [0.25, 0.3) is 0 Å². The van der Waals surface area contributed by atoms with Gasteiger partial charge in [-0.2, -0.15) is 0 Å². The summed E-state index contributed by atoms with van der Waals surface area (Å²) < 4.78 is 5.80. The fourth-order valence-electron chi connectivity index (χ4n) is 2.28. The van der Waals surface area contributed by atoms with E-state index in [9.17, 15) is 0 Å². The van der Waals surface area contributed by atoms with Crippen LogP contribution in [0.25, 0.3) is 0 Å². The van der Waals surface area contributed by atoms with Gasteiger partial charge in [-0.25, -0.2) is 0 Å². The van der Waals surface area contributed by atoms with E-state index in [1.165, 1.54) is 11.1 Å². The van der Waals surface area contributed by atoms with Gasteiger partial charge in [0.05, 0.1) is 12.3 Å². The predicted octanol–water partition coefficient (Wildman–Crippen LogP) is 5.21. The number of nitrogens with one attached hydrogen (secondary N) is 1. The molecule has 112 valence electrons. The predicted molar refractivity (Wildman–Crippen MR) is 90.1 cm³/mol. The van der Waals surface area contributed by atoms with Crippen LogP contribution in [0.1, 0.15) is 44.4 Å². The first kappa shape index (κ1) is 15.4. The van der Waals surface area contributed by atoms with E-state index >= 15 is 0 Å². The molecule has 0 saturated heterocycles. The molecule has 1 N–H and O–H groups in total. The minimum absolute atomic E-state index is 0.252. The molecule has 0 radical (unpaired) electrons. The van der Waals surface area contributed by atoms with Crippen LogP contribution in [-0.4, -0.2) is 6.61 Å². The number of para-hydroxylation sites is 2. The van der Waals surface area contributed by atoms with Gasteiger partial charge in [-0.05, 0) is 43.0 Å². The standard InChI is InChI=1S/C19H25NO/c1-4-14-21-19-9-7-6-8-18(19)20-15(3)17-12-10-16(5-2)11-13-17/h6-13,15,20H,4-5,14H2,1-3H3. The van der Waals surface area contributed by atoms with Gasteiger partial charge in [-0.1, -0.05) is 50.2 Å². The number of hydrogen-bond donors (Lipinski definition) is 1. The Bertz CT molecular complexity index is 548. The summed E-state index contributed by atoms with van der Waals surface area (Å²) in [4.78, 5) is 0. The highest BCUT2D eigenvalue weighted by atomic mass is 16.5. The van der Waals surface area contributed by atoms with Gasteiger partial charge in [0.2, 0.25) is 0 Å². The number of benzene rings is 2. The van der Waals surface area contributed by atoms with Crippen LogP contribution in [0.3, 0.4) is 0 Å². The highest BCUT2D eigenvalue weighted by molar-refractivity contribution is 5.57. The van der Waals surface area contributed by atoms with Gasteiger partial charge < -0.3 is 10.1 Å². The SMILES string of the molecule is CCCOc1ccccc1NC(C)c1ccc(CC)cc1. The maximum Gasteiger partial charge on any atom is 0.142 e. The molecule has 2 nitrogen and oxygen atoms in total. The van der Waals surface area contributed by atoms with Crippen molar-refractivity contribution >= 4 is 5.69 Å². The van der Waals surface area contributed by atoms with Gasteiger partial charge in [0, 0.05) is 6.04 Å². The molecule has 0 aliphatic heterocycles. The maximum atomic E-state index is 5.80. The third-order valence-corrected chi connectivity index (χ3v) is 3.61. The molecule has 2 aromatic rings. The van der Waals surface area contributed by atoms with Gasteiger partial charge in [-0.3, -0.25) is 0 Å². The molecule has 2 rings (SSSR count). The Morgan fingerprint density at radius 1 is 1.00 bits per heavy atom. The maximum absolute atomic E-state index is 5.80. The Morgan fingerprint density at radius 3 is 2.38 bits per heavy atom. The van der Waals surface area contributed by atoms with Crippen molar-refractivity contribution in [1.82, 2.24) is 0 Å². The third-order valence-electron chi connectivity index (χ3n) is 3.61. The zero-order valence-electron chi connectivity index (χ0n) is 13.2. The fourth-order valence-corrected chi connectivity index (χ4v) is 2.28. The van der Waals surface area contributed by atoms with Crippen molar-refractivity contribution < 1.29 is 4.74 Å². The van der Waals surface area contributed by atoms with E-state index in [-0.39, 0.29) is 6.04 Å². The highest BCUT2D eigenvalue weighted by Gasteiger charge is 2.08. The van der Waals surface area contributed by atoms with Crippen molar-refractivity contribution in [2.75, 3.05) is 11.9 Å². The second-order valence-corrected chi connectivity index (χ2v) is 5.31. The fraction of sp³-hybridized carbons (Fsp3) is 0.368. The van der Waals surface area contributed by atoms with Gasteiger partial charge in [-0.15, -0.1) is 0 Å². The summed E-state index contributed by atoms with van der Waals surface area (Å²) in [5.74, 6) is 0.927. The van der Waals surface area contributed by atoms with E-state index in [1.54, 1.807) is 0 Å². The lowest BCUT2D eigenvalue weighted by Crippen LogP contribution is -2.08. The molecule has 0 aromatic heterocycles. The molecule has 21 heavy (non-hydrogen) atoms. The molecule has 2 aromatic carbocycles. The minimum Gasteiger partial charge on any atom is -0.491 e. The van der Waals surface area contributed by atoms with Crippen LogP contribution in [0.2, 0.25) is 0 Å². The molecule has 0 aliphatic rings. The molecule has 0 fully saturated rings. The number of anilines is 1. The highest BCUT2D eigenvalue weighted by Crippen LogP contribution is 2.28. The van der Waals surface area contributed by atoms with Crippen LogP contribution in [0.5, 0.6) is 5.75 Å². The molecule has 1 atom stereocenters. The molecule has 1 unspecified atom stereocenters. The van der Waals surface area contributed by atoms with Gasteiger partial charge in [0.1, 0.15) is 5.75 Å². The van der Waals surface area contributed by atoms with Crippen molar-refractivity contribution in [3.8, 4) is 5.75 Å². The second kappa shape index (κ2) is 7.72. The first-order valence-corrected chi connectivity index (χ1v) is 7.81. The van der Waals surface area contributed by atoms with Crippen molar-refractivity contribution in [2.24, 2.45) is 0 Å². The third kappa shape index (κ3) is 4.25. The minimum atomic E-state index is 0.252. The van der Waals surface area contributed by atoms with Crippen LogP contribution in [0, 0.1) is 0 Å². The molecule has 0 spiro atoms. The summed E-state index contributed by atoms with van der Waals surface area (Å²) in [5, 5.41) is 3.55. The quantitative estimate of drug-likeness (QED) is 0.753. The largest absolute Gasteiger partial charge is 0.491 e. The van der Waals surface area contributed by atoms with Gasteiger partial charge >= 0.3 is 0 Å². The lowest BCUT2D eigenvalue weighted by atomic mass is 10.0. The van der Waals surface area contributed by atoms with Crippen molar-refractivity contribution in [2.45, 2.75) is 39.7 Å². The Morgan fingerprint density at radius 2 is 1.71 bits per heavy atom. The van der Waals surface area contributed by atoms with E-state index in [2.05, 4.69) is 56.4 Å². The van der Waals surface area contributed by atoms with E-state index in [0.717, 1.165) is 30.9 Å². The van der Waals surface area contributed by atoms with Crippen molar-refractivity contribution in [3.05, 3.63) is 59.7 Å². The topological polar surface area (TPSA) is 21.3 Å². The molecule has 0 amide bonds. The molecule has 0 saturated carbocycles. The first-order chi connectivity index (χ1) is 10.2. The molecule has 0 aliphatic carbocycles. The summed E-state index contributed by atoms with van der Waals surface area (Å²) in [6.07, 6.45) is 2.10. The smallest absolute Gasteiger partial charge is 0.142 e. The van der Waals surface area contributed by atoms with E-state index in [0.29, 0.717) is 0 Å². The molecule has 0 heterocycles. The van der Waals surface area contributed by atoms with E-state index < -0.39 is 0 Å². The molecule has 0 bridgehead atoms. The van der Waals surface area contributed by atoms with Crippen molar-refractivity contribution in [1.29, 1.82) is 0 Å². The second-order valence-electron chi connectivity index (χ2n) is 5.31. The lowest BCUT2D eigenvalue weighted by molar-refractivity contribution is 0.318. The Hall–Kier alpha value is -1.96. The summed E-state index contributed by atoms with van der Waals surface area (Å²) in [6, 6.07) is 17.2. The zero-order chi connectivity index (χ0) is 15.1. The van der Waals surface area contributed by atoms with Crippen LogP contribution in [0.4, 0.5) is 5.69 Å². The number of rotatable bonds is 7. The zero-order valence-corrected chi connectivity index (χ0v) is 13.2. The van der Waals surface area contributed by atoms with Gasteiger partial charge in [0.15, 0.2) is 0 Å². The normalized spacial score (nSPS) is 12.0. The van der Waals surface area contributed by atoms with Crippen LogP contribution in [0.15, 0.2) is 48.5 Å². The average Bonchev–Trinajstić information content (AvgIpc) is 2.54. The molecular formula is C19H25NO. The van der Waals surface area contributed by atoms with Crippen LogP contribution in [-0.2, 0) is 6.42 Å². The molecular weight excluding hydrogens is 258 g/mol. The van der Waals surface area contributed by atoms with E-state index in [1.807, 2.05) is 18.2 Å². The Balaban J connectivity index is 2.09. The number of hydrogen-bond acceptors (Lipinski definition) is 2. The van der Waals surface area contributed by atoms with Crippen LogP contribution >= 0.6 is 0 Å². The monoisotopic (exact) mass is 283 g/mol. The first-order valence-electron chi connectivity index (χ1n) is 7.81. The summed E-state index contributed by atoms with van der Waals surface area (Å²) >= 11 is 0. The summed E-state index contributed by atoms with van der Waals surface area (Å²) in [6.45, 7) is 7.22. The summed E-state index contributed by atoms with van der Waals surface area (Å²) in [7, 11) is 0. The summed E-state index contributed by atoms with van der Waals surface area (Å²) in [5.41, 5.74) is 3.72. The van der Waals surface area contributed by atoms with Crippen LogP contribution < -0.4 is 10.1 Å². The van der Waals surface area contributed by atoms with E-state index in [4.69, 9.17) is 4.74 Å². The van der Waals surface area contributed by atoms with Crippen molar-refractivity contribution in [3.63, 3.8) is 0 Å².